The predicted octanol–water partition coefficient (Wildman–Crippen LogP) is 2.22. The van der Waals surface area contributed by atoms with E-state index < -0.39 is 0 Å². The number of benzene rings is 2. The van der Waals surface area contributed by atoms with Crippen LogP contribution in [0.3, 0.4) is 0 Å². The van der Waals surface area contributed by atoms with Crippen molar-refractivity contribution in [1.82, 2.24) is 5.43 Å². The van der Waals surface area contributed by atoms with Gasteiger partial charge < -0.3 is 9.47 Å². The average Bonchev–Trinajstić information content (AvgIpc) is 2.55. The third kappa shape index (κ3) is 3.20. The molecule has 2 aromatic carbocycles. The summed E-state index contributed by atoms with van der Waals surface area (Å²) in [7, 11) is 0. The van der Waals surface area contributed by atoms with Crippen LogP contribution < -0.4 is 14.9 Å². The lowest BCUT2D eigenvalue weighted by Crippen LogP contribution is -2.17. The van der Waals surface area contributed by atoms with Crippen molar-refractivity contribution < 1.29 is 14.3 Å². The van der Waals surface area contributed by atoms with Crippen LogP contribution in [-0.2, 0) is 0 Å². The highest BCUT2D eigenvalue weighted by molar-refractivity contribution is 5.94. The van der Waals surface area contributed by atoms with E-state index in [0.717, 1.165) is 11.3 Å². The van der Waals surface area contributed by atoms with Crippen molar-refractivity contribution in [2.24, 2.45) is 5.10 Å². The highest BCUT2D eigenvalue weighted by Gasteiger charge is 2.10. The summed E-state index contributed by atoms with van der Waals surface area (Å²) in [4.78, 5) is 11.8. The molecule has 0 aromatic heterocycles. The molecule has 5 heteroatoms. The van der Waals surface area contributed by atoms with Crippen LogP contribution in [0.1, 0.15) is 15.9 Å². The molecule has 106 valence electrons. The number of fused-ring (bicyclic) bond motifs is 1. The summed E-state index contributed by atoms with van der Waals surface area (Å²) < 4.78 is 10.9. The van der Waals surface area contributed by atoms with Gasteiger partial charge in [-0.25, -0.2) is 5.43 Å². The topological polar surface area (TPSA) is 59.9 Å². The van der Waals surface area contributed by atoms with Crippen LogP contribution in [0.5, 0.6) is 11.5 Å². The number of amides is 1. The minimum absolute atomic E-state index is 0.246. The first-order valence-corrected chi connectivity index (χ1v) is 6.61. The molecule has 0 unspecified atom stereocenters. The van der Waals surface area contributed by atoms with E-state index in [1.165, 1.54) is 0 Å². The monoisotopic (exact) mass is 282 g/mol. The van der Waals surface area contributed by atoms with Crippen molar-refractivity contribution in [3.05, 3.63) is 59.7 Å². The van der Waals surface area contributed by atoms with Gasteiger partial charge in [-0.1, -0.05) is 18.2 Å². The molecule has 21 heavy (non-hydrogen) atoms. The number of rotatable bonds is 3. The highest BCUT2D eigenvalue weighted by atomic mass is 16.6. The Morgan fingerprint density at radius 3 is 2.62 bits per heavy atom. The van der Waals surface area contributed by atoms with Crippen molar-refractivity contribution in [2.75, 3.05) is 13.2 Å². The zero-order valence-corrected chi connectivity index (χ0v) is 11.3. The van der Waals surface area contributed by atoms with Crippen LogP contribution in [-0.4, -0.2) is 25.3 Å². The highest BCUT2D eigenvalue weighted by Crippen LogP contribution is 2.30. The van der Waals surface area contributed by atoms with Crippen molar-refractivity contribution in [1.29, 1.82) is 0 Å². The summed E-state index contributed by atoms with van der Waals surface area (Å²) in [6.45, 7) is 1.10. The predicted molar refractivity (Wildman–Crippen MR) is 78.9 cm³/mol. The Bertz CT molecular complexity index is 668. The molecule has 3 rings (SSSR count). The number of hydrogen-bond acceptors (Lipinski definition) is 4. The Morgan fingerprint density at radius 2 is 1.81 bits per heavy atom. The molecule has 1 N–H and O–H groups in total. The van der Waals surface area contributed by atoms with Gasteiger partial charge in [0.15, 0.2) is 11.5 Å². The fraction of sp³-hybridized carbons (Fsp3) is 0.125. The molecule has 0 saturated carbocycles. The minimum atomic E-state index is -0.246. The number of nitrogens with zero attached hydrogens (tertiary/aromatic N) is 1. The van der Waals surface area contributed by atoms with Gasteiger partial charge in [-0.05, 0) is 35.9 Å². The second-order valence-electron chi connectivity index (χ2n) is 4.47. The van der Waals surface area contributed by atoms with Gasteiger partial charge in [0.1, 0.15) is 13.2 Å². The molecule has 5 nitrogen and oxygen atoms in total. The average molecular weight is 282 g/mol. The van der Waals surface area contributed by atoms with Crippen LogP contribution in [0.15, 0.2) is 53.6 Å². The first-order valence-electron chi connectivity index (χ1n) is 6.61. The molecule has 1 amide bonds. The number of hydrazone groups is 1. The molecule has 1 heterocycles. The van der Waals surface area contributed by atoms with E-state index in [9.17, 15) is 4.79 Å². The lowest BCUT2D eigenvalue weighted by atomic mass is 10.2. The number of hydrogen-bond donors (Lipinski definition) is 1. The molecule has 2 aromatic rings. The Morgan fingerprint density at radius 1 is 1.05 bits per heavy atom. The van der Waals surface area contributed by atoms with E-state index in [-0.39, 0.29) is 5.91 Å². The zero-order valence-electron chi connectivity index (χ0n) is 11.3. The van der Waals surface area contributed by atoms with E-state index in [1.54, 1.807) is 30.5 Å². The molecule has 0 spiro atoms. The van der Waals surface area contributed by atoms with Gasteiger partial charge in [0.2, 0.25) is 0 Å². The van der Waals surface area contributed by atoms with E-state index in [1.807, 2.05) is 24.3 Å². The maximum atomic E-state index is 11.8. The zero-order chi connectivity index (χ0) is 14.5. The molecule has 0 bridgehead atoms. The number of nitrogens with one attached hydrogen (secondary N) is 1. The lowest BCUT2D eigenvalue weighted by molar-refractivity contribution is 0.0955. The summed E-state index contributed by atoms with van der Waals surface area (Å²) in [6, 6.07) is 14.4. The molecular formula is C16H14N2O3. The Labute approximate surface area is 122 Å². The summed E-state index contributed by atoms with van der Waals surface area (Å²) in [5.41, 5.74) is 3.88. The second kappa shape index (κ2) is 6.09. The molecular weight excluding hydrogens is 268 g/mol. The third-order valence-corrected chi connectivity index (χ3v) is 2.98. The van der Waals surface area contributed by atoms with Gasteiger partial charge in [0.25, 0.3) is 5.91 Å². The van der Waals surface area contributed by atoms with E-state index >= 15 is 0 Å². The summed E-state index contributed by atoms with van der Waals surface area (Å²) in [6.07, 6.45) is 1.57. The molecule has 0 aliphatic carbocycles. The standard InChI is InChI=1S/C16H14N2O3/c19-16(13-4-2-1-3-5-13)18-17-11-12-6-7-14-15(10-12)21-9-8-20-14/h1-7,10-11H,8-9H2,(H,18,19)/b17-11+. The molecule has 0 atom stereocenters. The van der Waals surface area contributed by atoms with E-state index in [0.29, 0.717) is 24.5 Å². The fourth-order valence-electron chi connectivity index (χ4n) is 1.96. The third-order valence-electron chi connectivity index (χ3n) is 2.98. The Balaban J connectivity index is 1.65. The number of ether oxygens (including phenoxy) is 2. The van der Waals surface area contributed by atoms with Crippen LogP contribution in [0.25, 0.3) is 0 Å². The van der Waals surface area contributed by atoms with Crippen LogP contribution in [0, 0.1) is 0 Å². The SMILES string of the molecule is O=C(N/N=C/c1ccc2c(c1)OCCO2)c1ccccc1. The first-order chi connectivity index (χ1) is 10.3. The van der Waals surface area contributed by atoms with Crippen molar-refractivity contribution in [3.63, 3.8) is 0 Å². The maximum absolute atomic E-state index is 11.8. The van der Waals surface area contributed by atoms with Crippen molar-refractivity contribution >= 4 is 12.1 Å². The largest absolute Gasteiger partial charge is 0.486 e. The van der Waals surface area contributed by atoms with Crippen LogP contribution >= 0.6 is 0 Å². The summed E-state index contributed by atoms with van der Waals surface area (Å²) >= 11 is 0. The molecule has 1 aliphatic rings. The van der Waals surface area contributed by atoms with Crippen molar-refractivity contribution in [3.8, 4) is 11.5 Å². The number of carbonyl (C=O) groups is 1. The smallest absolute Gasteiger partial charge is 0.271 e. The molecule has 0 saturated heterocycles. The fourth-order valence-corrected chi connectivity index (χ4v) is 1.96. The quantitative estimate of drug-likeness (QED) is 0.693. The summed E-state index contributed by atoms with van der Waals surface area (Å²) in [5, 5.41) is 3.95. The van der Waals surface area contributed by atoms with Gasteiger partial charge in [-0.15, -0.1) is 0 Å². The Hall–Kier alpha value is -2.82. The molecule has 0 radical (unpaired) electrons. The maximum Gasteiger partial charge on any atom is 0.271 e. The molecule has 0 fully saturated rings. The van der Waals surface area contributed by atoms with Crippen LogP contribution in [0.2, 0.25) is 0 Å². The van der Waals surface area contributed by atoms with Gasteiger partial charge in [0.05, 0.1) is 6.21 Å². The second-order valence-corrected chi connectivity index (χ2v) is 4.47. The van der Waals surface area contributed by atoms with E-state index in [2.05, 4.69) is 10.5 Å². The minimum Gasteiger partial charge on any atom is -0.486 e. The first kappa shape index (κ1) is 13.2. The van der Waals surface area contributed by atoms with Crippen LogP contribution in [0.4, 0.5) is 0 Å². The van der Waals surface area contributed by atoms with Gasteiger partial charge in [-0.2, -0.15) is 5.10 Å². The molecule has 1 aliphatic heterocycles. The lowest BCUT2D eigenvalue weighted by Gasteiger charge is -2.18. The van der Waals surface area contributed by atoms with E-state index in [4.69, 9.17) is 9.47 Å². The van der Waals surface area contributed by atoms with Gasteiger partial charge in [-0.3, -0.25) is 4.79 Å². The Kier molecular flexibility index (Phi) is 3.82. The summed E-state index contributed by atoms with van der Waals surface area (Å²) in [5.74, 6) is 1.18. The normalized spacial score (nSPS) is 13.1. The van der Waals surface area contributed by atoms with Crippen molar-refractivity contribution in [2.45, 2.75) is 0 Å². The number of carbonyl (C=O) groups excluding carboxylic acids is 1. The van der Waals surface area contributed by atoms with Gasteiger partial charge >= 0.3 is 0 Å². The van der Waals surface area contributed by atoms with Gasteiger partial charge in [0, 0.05) is 5.56 Å².